The predicted molar refractivity (Wildman–Crippen MR) is 120 cm³/mol. The van der Waals surface area contributed by atoms with E-state index in [2.05, 4.69) is 5.32 Å². The van der Waals surface area contributed by atoms with Gasteiger partial charge in [-0.05, 0) is 49.9 Å². The minimum absolute atomic E-state index is 0.0163. The number of allylic oxidation sites excluding steroid dienone is 3. The summed E-state index contributed by atoms with van der Waals surface area (Å²) in [5.74, 6) is -0.691. The van der Waals surface area contributed by atoms with Gasteiger partial charge in [-0.15, -0.1) is 0 Å². The number of esters is 1. The van der Waals surface area contributed by atoms with E-state index in [0.717, 1.165) is 24.1 Å². The van der Waals surface area contributed by atoms with Gasteiger partial charge in [-0.3, -0.25) is 4.79 Å². The number of phenols is 1. The Morgan fingerprint density at radius 2 is 1.94 bits per heavy atom. The van der Waals surface area contributed by atoms with Crippen LogP contribution < -0.4 is 10.1 Å². The predicted octanol–water partition coefficient (Wildman–Crippen LogP) is 4.50. The van der Waals surface area contributed by atoms with Crippen LogP contribution in [0, 0.1) is 0 Å². The molecule has 0 saturated heterocycles. The Morgan fingerprint density at radius 3 is 2.69 bits per heavy atom. The Kier molecular flexibility index (Phi) is 6.30. The van der Waals surface area contributed by atoms with Crippen LogP contribution in [0.5, 0.6) is 11.5 Å². The first kappa shape index (κ1) is 21.7. The van der Waals surface area contributed by atoms with Crippen LogP contribution in [0.1, 0.15) is 50.2 Å². The van der Waals surface area contributed by atoms with E-state index in [9.17, 15) is 14.7 Å². The van der Waals surface area contributed by atoms with Gasteiger partial charge < -0.3 is 19.9 Å². The molecule has 0 aromatic heterocycles. The highest BCUT2D eigenvalue weighted by Crippen LogP contribution is 2.44. The summed E-state index contributed by atoms with van der Waals surface area (Å²) in [5.41, 5.74) is 4.13. The lowest BCUT2D eigenvalue weighted by molar-refractivity contribution is -0.140. The summed E-state index contributed by atoms with van der Waals surface area (Å²) in [5, 5.41) is 13.5. The lowest BCUT2D eigenvalue weighted by atomic mass is 9.75. The molecule has 1 aliphatic heterocycles. The molecule has 1 atom stereocenters. The maximum atomic E-state index is 13.3. The fraction of sp³-hybridized carbons (Fsp3) is 0.308. The summed E-state index contributed by atoms with van der Waals surface area (Å²) in [6.45, 7) is 4.19. The molecule has 32 heavy (non-hydrogen) atoms. The minimum Gasteiger partial charge on any atom is -0.504 e. The van der Waals surface area contributed by atoms with E-state index in [1.54, 1.807) is 12.1 Å². The lowest BCUT2D eigenvalue weighted by Crippen LogP contribution is -2.34. The highest BCUT2D eigenvalue weighted by atomic mass is 16.5. The number of benzene rings is 2. The van der Waals surface area contributed by atoms with Crippen LogP contribution in [0.3, 0.4) is 0 Å². The molecule has 1 heterocycles. The topological polar surface area (TPSA) is 84.9 Å². The van der Waals surface area contributed by atoms with E-state index in [0.29, 0.717) is 41.2 Å². The summed E-state index contributed by atoms with van der Waals surface area (Å²) < 4.78 is 11.2. The molecule has 4 rings (SSSR count). The molecule has 2 aromatic carbocycles. The molecule has 0 bridgehead atoms. The van der Waals surface area contributed by atoms with Gasteiger partial charge in [0.05, 0.1) is 12.2 Å². The molecule has 1 aliphatic carbocycles. The van der Waals surface area contributed by atoms with E-state index in [1.807, 2.05) is 44.2 Å². The number of hydrogen-bond acceptors (Lipinski definition) is 6. The molecule has 0 saturated carbocycles. The van der Waals surface area contributed by atoms with Gasteiger partial charge in [0.25, 0.3) is 0 Å². The second-order valence-corrected chi connectivity index (χ2v) is 7.99. The van der Waals surface area contributed by atoms with Crippen LogP contribution in [0.25, 0.3) is 0 Å². The Labute approximate surface area is 187 Å². The second-order valence-electron chi connectivity index (χ2n) is 7.99. The highest BCUT2D eigenvalue weighted by molar-refractivity contribution is 6.03. The maximum absolute atomic E-state index is 13.3. The van der Waals surface area contributed by atoms with E-state index in [4.69, 9.17) is 9.47 Å². The molecule has 0 amide bonds. The van der Waals surface area contributed by atoms with Crippen molar-refractivity contribution in [3.05, 3.63) is 82.2 Å². The number of carbonyl (C=O) groups excluding carboxylic acids is 2. The van der Waals surface area contributed by atoms with E-state index in [1.165, 1.54) is 6.07 Å². The number of ketones is 1. The average Bonchev–Trinajstić information content (AvgIpc) is 2.79. The van der Waals surface area contributed by atoms with Gasteiger partial charge in [0.2, 0.25) is 0 Å². The van der Waals surface area contributed by atoms with Gasteiger partial charge in [-0.25, -0.2) is 4.79 Å². The quantitative estimate of drug-likeness (QED) is 0.653. The van der Waals surface area contributed by atoms with E-state index >= 15 is 0 Å². The Balaban J connectivity index is 1.74. The molecule has 2 aliphatic rings. The van der Waals surface area contributed by atoms with Crippen LogP contribution in [0.4, 0.5) is 0 Å². The molecule has 2 aromatic rings. The van der Waals surface area contributed by atoms with Crippen molar-refractivity contribution in [2.45, 2.75) is 45.6 Å². The zero-order chi connectivity index (χ0) is 22.7. The molecule has 1 unspecified atom stereocenters. The third-order valence-electron chi connectivity index (χ3n) is 5.83. The van der Waals surface area contributed by atoms with Crippen molar-refractivity contribution in [1.29, 1.82) is 0 Å². The second kappa shape index (κ2) is 9.30. The van der Waals surface area contributed by atoms with Crippen molar-refractivity contribution in [2.75, 3.05) is 6.61 Å². The van der Waals surface area contributed by atoms with Crippen molar-refractivity contribution >= 4 is 11.8 Å². The lowest BCUT2D eigenvalue weighted by Gasteiger charge is -2.34. The number of dihydropyridines is 1. The molecule has 0 fully saturated rings. The number of hydrogen-bond donors (Lipinski definition) is 2. The van der Waals surface area contributed by atoms with Crippen molar-refractivity contribution in [3.8, 4) is 11.5 Å². The SMILES string of the molecule is CCOc1cc(C2C(C(=O)OCc3ccccc3)=C(C)NC3=C2C(=O)CCC3)ccc1O. The van der Waals surface area contributed by atoms with Gasteiger partial charge in [-0.2, -0.15) is 0 Å². The fourth-order valence-corrected chi connectivity index (χ4v) is 4.37. The number of Topliss-reactive ketones (excluding diaryl/α,β-unsaturated/α-hetero) is 1. The fourth-order valence-electron chi connectivity index (χ4n) is 4.37. The molecular formula is C26H27NO5. The summed E-state index contributed by atoms with van der Waals surface area (Å²) in [7, 11) is 0. The van der Waals surface area contributed by atoms with Crippen LogP contribution >= 0.6 is 0 Å². The summed E-state index contributed by atoms with van der Waals surface area (Å²) >= 11 is 0. The van der Waals surface area contributed by atoms with Crippen LogP contribution in [-0.4, -0.2) is 23.5 Å². The highest BCUT2D eigenvalue weighted by Gasteiger charge is 2.39. The Hall–Kier alpha value is -3.54. The third-order valence-corrected chi connectivity index (χ3v) is 5.83. The zero-order valence-electron chi connectivity index (χ0n) is 18.3. The first-order chi connectivity index (χ1) is 15.5. The smallest absolute Gasteiger partial charge is 0.337 e. The summed E-state index contributed by atoms with van der Waals surface area (Å²) in [6.07, 6.45) is 1.97. The monoisotopic (exact) mass is 433 g/mol. The number of carbonyl (C=O) groups is 2. The summed E-state index contributed by atoms with van der Waals surface area (Å²) in [6, 6.07) is 14.5. The van der Waals surface area contributed by atoms with Crippen molar-refractivity contribution in [3.63, 3.8) is 0 Å². The maximum Gasteiger partial charge on any atom is 0.337 e. The van der Waals surface area contributed by atoms with Gasteiger partial charge in [0.1, 0.15) is 6.61 Å². The summed E-state index contributed by atoms with van der Waals surface area (Å²) in [4.78, 5) is 26.3. The first-order valence-corrected chi connectivity index (χ1v) is 10.9. The normalized spacial score (nSPS) is 18.2. The molecular weight excluding hydrogens is 406 g/mol. The van der Waals surface area contributed by atoms with Gasteiger partial charge in [-0.1, -0.05) is 36.4 Å². The average molecular weight is 434 g/mol. The Bertz CT molecular complexity index is 1100. The van der Waals surface area contributed by atoms with E-state index in [-0.39, 0.29) is 18.1 Å². The van der Waals surface area contributed by atoms with Crippen molar-refractivity contribution < 1.29 is 24.2 Å². The number of nitrogens with one attached hydrogen (secondary N) is 1. The van der Waals surface area contributed by atoms with Crippen LogP contribution in [0.15, 0.2) is 71.1 Å². The molecule has 2 N–H and O–H groups in total. The molecule has 6 heteroatoms. The number of phenolic OH excluding ortho intramolecular Hbond substituents is 1. The number of ether oxygens (including phenoxy) is 2. The van der Waals surface area contributed by atoms with Gasteiger partial charge in [0, 0.05) is 29.3 Å². The van der Waals surface area contributed by atoms with Crippen molar-refractivity contribution in [2.24, 2.45) is 0 Å². The van der Waals surface area contributed by atoms with Gasteiger partial charge in [0.15, 0.2) is 17.3 Å². The third kappa shape index (κ3) is 4.26. The van der Waals surface area contributed by atoms with E-state index < -0.39 is 11.9 Å². The minimum atomic E-state index is -0.581. The van der Waals surface area contributed by atoms with Gasteiger partial charge >= 0.3 is 5.97 Å². The standard InChI is InChI=1S/C26H27NO5/c1-3-31-22-14-18(12-13-20(22)28)24-23(26(30)32-15-17-8-5-4-6-9-17)16(2)27-19-10-7-11-21(29)25(19)24/h4-6,8-9,12-14,24,27-28H,3,7,10-11,15H2,1-2H3. The molecule has 0 radical (unpaired) electrons. The first-order valence-electron chi connectivity index (χ1n) is 10.9. The largest absolute Gasteiger partial charge is 0.504 e. The van der Waals surface area contributed by atoms with Crippen molar-refractivity contribution in [1.82, 2.24) is 5.32 Å². The molecule has 0 spiro atoms. The van der Waals surface area contributed by atoms with Crippen LogP contribution in [0.2, 0.25) is 0 Å². The Morgan fingerprint density at radius 1 is 1.16 bits per heavy atom. The van der Waals surface area contributed by atoms with Crippen LogP contribution in [-0.2, 0) is 20.9 Å². The molecule has 6 nitrogen and oxygen atoms in total. The number of rotatable bonds is 6. The molecule has 166 valence electrons. The number of aromatic hydroxyl groups is 1. The zero-order valence-corrected chi connectivity index (χ0v) is 18.3.